The van der Waals surface area contributed by atoms with Gasteiger partial charge in [-0.05, 0) is 66.5 Å². The molecule has 188 valence electrons. The molecule has 0 aliphatic heterocycles. The second-order valence-corrected chi connectivity index (χ2v) is 10.8. The summed E-state index contributed by atoms with van der Waals surface area (Å²) in [5, 5.41) is 2.56. The molecular formula is C31H41NO3. The molecule has 1 unspecified atom stereocenters. The van der Waals surface area contributed by atoms with Gasteiger partial charge in [-0.2, -0.15) is 0 Å². The van der Waals surface area contributed by atoms with Gasteiger partial charge in [0.2, 0.25) is 5.76 Å². The van der Waals surface area contributed by atoms with Gasteiger partial charge < -0.3 is 14.1 Å². The highest BCUT2D eigenvalue weighted by atomic mass is 16.5. The molecule has 0 saturated carbocycles. The average Bonchev–Trinajstić information content (AvgIpc) is 3.46. The van der Waals surface area contributed by atoms with Crippen LogP contribution in [0.3, 0.4) is 0 Å². The Hall–Kier alpha value is -2.75. The lowest BCUT2D eigenvalue weighted by molar-refractivity contribution is 0.0564. The maximum absolute atomic E-state index is 11.8. The van der Waals surface area contributed by atoms with Crippen LogP contribution in [0.15, 0.2) is 34.3 Å². The van der Waals surface area contributed by atoms with Crippen molar-refractivity contribution in [1.82, 2.24) is 4.98 Å². The fourth-order valence-corrected chi connectivity index (χ4v) is 5.74. The third-order valence-electron chi connectivity index (χ3n) is 7.66. The van der Waals surface area contributed by atoms with Crippen molar-refractivity contribution in [3.05, 3.63) is 63.2 Å². The number of fused-ring (bicyclic) bond motifs is 3. The van der Waals surface area contributed by atoms with E-state index in [9.17, 15) is 4.79 Å². The minimum atomic E-state index is -0.456. The van der Waals surface area contributed by atoms with E-state index < -0.39 is 5.97 Å². The van der Waals surface area contributed by atoms with Gasteiger partial charge in [-0.3, -0.25) is 0 Å². The SMILES string of the molecule is CCCCCCCCC1C=CC(C(C)=Cc2ccc(C(=O)OC)o2)=c2[nH]c3c(c21)C(C)(C)CCC=3. The molecular weight excluding hydrogens is 434 g/mol. The van der Waals surface area contributed by atoms with Crippen LogP contribution in [0, 0.1) is 0 Å². The Labute approximate surface area is 209 Å². The molecule has 4 rings (SSSR count). The number of aromatic nitrogens is 1. The van der Waals surface area contributed by atoms with Crippen molar-refractivity contribution >= 4 is 23.7 Å². The summed E-state index contributed by atoms with van der Waals surface area (Å²) in [6.45, 7) is 9.18. The number of hydrogen-bond acceptors (Lipinski definition) is 3. The molecule has 0 fully saturated rings. The zero-order valence-corrected chi connectivity index (χ0v) is 22.1. The zero-order valence-electron chi connectivity index (χ0n) is 22.1. The number of nitrogens with one attached hydrogen (secondary N) is 1. The van der Waals surface area contributed by atoms with E-state index >= 15 is 0 Å². The molecule has 0 saturated heterocycles. The van der Waals surface area contributed by atoms with Crippen molar-refractivity contribution in [1.29, 1.82) is 0 Å². The largest absolute Gasteiger partial charge is 0.463 e. The van der Waals surface area contributed by atoms with E-state index in [1.165, 1.54) is 85.9 Å². The maximum atomic E-state index is 11.8. The number of furan rings is 1. The van der Waals surface area contributed by atoms with Crippen LogP contribution >= 0.6 is 0 Å². The standard InChI is InChI=1S/C31H41NO3/c1-6-7-8-9-10-11-13-22-15-17-24(21(2)20-23-16-18-26(35-23)30(33)34-5)29-27(22)28-25(32-29)14-12-19-31(28,3)4/h14-18,20,22,32H,6-13,19H2,1-5H3. The van der Waals surface area contributed by atoms with Crippen molar-refractivity contribution in [3.8, 4) is 0 Å². The molecule has 4 nitrogen and oxygen atoms in total. The predicted molar refractivity (Wildman–Crippen MR) is 144 cm³/mol. The molecule has 1 N–H and O–H groups in total. The summed E-state index contributed by atoms with van der Waals surface area (Å²) in [5.74, 6) is 0.875. The number of esters is 1. The molecule has 4 heteroatoms. The summed E-state index contributed by atoms with van der Waals surface area (Å²) >= 11 is 0. The average molecular weight is 476 g/mol. The number of unbranched alkanes of at least 4 members (excludes halogenated alkanes) is 5. The molecule has 2 heterocycles. The zero-order chi connectivity index (χ0) is 25.0. The van der Waals surface area contributed by atoms with Gasteiger partial charge in [-0.1, -0.05) is 77.5 Å². The van der Waals surface area contributed by atoms with Gasteiger partial charge in [0.05, 0.1) is 12.5 Å². The second kappa shape index (κ2) is 10.9. The molecule has 35 heavy (non-hydrogen) atoms. The normalized spacial score (nSPS) is 18.7. The molecule has 2 aliphatic carbocycles. The van der Waals surface area contributed by atoms with Crippen LogP contribution in [0.2, 0.25) is 0 Å². The first-order valence-corrected chi connectivity index (χ1v) is 13.4. The summed E-state index contributed by atoms with van der Waals surface area (Å²) in [4.78, 5) is 15.6. The molecule has 0 aromatic carbocycles. The van der Waals surface area contributed by atoms with Crippen LogP contribution in [0.4, 0.5) is 0 Å². The smallest absolute Gasteiger partial charge is 0.373 e. The lowest BCUT2D eigenvalue weighted by Gasteiger charge is -2.30. The molecule has 0 amide bonds. The number of carbonyl (C=O) groups is 1. The van der Waals surface area contributed by atoms with E-state index in [0.717, 1.165) is 12.0 Å². The van der Waals surface area contributed by atoms with Crippen LogP contribution in [-0.4, -0.2) is 18.1 Å². The highest BCUT2D eigenvalue weighted by Gasteiger charge is 2.32. The molecule has 2 aliphatic rings. The van der Waals surface area contributed by atoms with Crippen molar-refractivity contribution in [3.63, 3.8) is 0 Å². The summed E-state index contributed by atoms with van der Waals surface area (Å²) in [6, 6.07) is 3.49. The first-order valence-electron chi connectivity index (χ1n) is 13.4. The number of carbonyl (C=O) groups excluding carboxylic acids is 1. The second-order valence-electron chi connectivity index (χ2n) is 10.8. The molecule has 2 aromatic rings. The quantitative estimate of drug-likeness (QED) is 0.300. The van der Waals surface area contributed by atoms with Crippen molar-refractivity contribution in [2.75, 3.05) is 7.11 Å². The fourth-order valence-electron chi connectivity index (χ4n) is 5.74. The number of H-pyrrole nitrogens is 1. The van der Waals surface area contributed by atoms with E-state index in [1.54, 1.807) is 6.07 Å². The van der Waals surface area contributed by atoms with Gasteiger partial charge in [-0.15, -0.1) is 0 Å². The highest BCUT2D eigenvalue weighted by molar-refractivity contribution is 5.87. The molecule has 0 spiro atoms. The van der Waals surface area contributed by atoms with Crippen LogP contribution in [0.25, 0.3) is 17.7 Å². The van der Waals surface area contributed by atoms with Crippen LogP contribution in [0.5, 0.6) is 0 Å². The van der Waals surface area contributed by atoms with Gasteiger partial charge >= 0.3 is 5.97 Å². The highest BCUT2D eigenvalue weighted by Crippen LogP contribution is 2.37. The van der Waals surface area contributed by atoms with E-state index in [-0.39, 0.29) is 11.2 Å². The third kappa shape index (κ3) is 5.42. The van der Waals surface area contributed by atoms with Crippen molar-refractivity contribution < 1.29 is 13.9 Å². The Bertz CT molecular complexity index is 1230. The monoisotopic (exact) mass is 475 g/mol. The minimum Gasteiger partial charge on any atom is -0.463 e. The third-order valence-corrected chi connectivity index (χ3v) is 7.66. The Morgan fingerprint density at radius 2 is 1.97 bits per heavy atom. The predicted octanol–water partition coefficient (Wildman–Crippen LogP) is 6.90. The summed E-state index contributed by atoms with van der Waals surface area (Å²) in [7, 11) is 1.36. The number of allylic oxidation sites excluding steroid dienone is 3. The Kier molecular flexibility index (Phi) is 7.88. The Morgan fingerprint density at radius 1 is 1.20 bits per heavy atom. The van der Waals surface area contributed by atoms with E-state index in [4.69, 9.17) is 9.15 Å². The molecule has 1 atom stereocenters. The summed E-state index contributed by atoms with van der Waals surface area (Å²) in [6.07, 6.45) is 20.5. The van der Waals surface area contributed by atoms with E-state index in [2.05, 4.69) is 50.9 Å². The topological polar surface area (TPSA) is 55.2 Å². The summed E-state index contributed by atoms with van der Waals surface area (Å²) in [5.41, 5.74) is 5.49. The van der Waals surface area contributed by atoms with Crippen LogP contribution < -0.4 is 10.7 Å². The number of rotatable bonds is 10. The lowest BCUT2D eigenvalue weighted by atomic mass is 9.73. The maximum Gasteiger partial charge on any atom is 0.373 e. The van der Waals surface area contributed by atoms with Crippen LogP contribution in [0.1, 0.15) is 119 Å². The molecule has 2 aromatic heterocycles. The number of ether oxygens (including phenoxy) is 1. The Balaban J connectivity index is 1.70. The van der Waals surface area contributed by atoms with Gasteiger partial charge in [0.1, 0.15) is 5.76 Å². The van der Waals surface area contributed by atoms with Gasteiger partial charge in [0.15, 0.2) is 0 Å². The Morgan fingerprint density at radius 3 is 2.74 bits per heavy atom. The van der Waals surface area contributed by atoms with Crippen molar-refractivity contribution in [2.45, 2.75) is 96.8 Å². The first kappa shape index (κ1) is 25.3. The van der Waals surface area contributed by atoms with E-state index in [1.807, 2.05) is 12.1 Å². The number of aromatic amines is 1. The molecule has 0 bridgehead atoms. The number of methoxy groups -OCH3 is 1. The van der Waals surface area contributed by atoms with Gasteiger partial charge in [-0.25, -0.2) is 4.79 Å². The van der Waals surface area contributed by atoms with Gasteiger partial charge in [0, 0.05) is 16.8 Å². The summed E-state index contributed by atoms with van der Waals surface area (Å²) < 4.78 is 10.5. The number of hydrogen-bond donors (Lipinski definition) is 1. The fraction of sp³-hybridized carbons (Fsp3) is 0.516. The van der Waals surface area contributed by atoms with Gasteiger partial charge in [0.25, 0.3) is 0 Å². The first-order chi connectivity index (χ1) is 16.9. The van der Waals surface area contributed by atoms with E-state index in [0.29, 0.717) is 11.7 Å². The minimum absolute atomic E-state index is 0.165. The molecule has 0 radical (unpaired) electrons. The van der Waals surface area contributed by atoms with Crippen molar-refractivity contribution in [2.24, 2.45) is 0 Å². The lowest BCUT2D eigenvalue weighted by Crippen LogP contribution is -2.30. The van der Waals surface area contributed by atoms with Crippen LogP contribution in [-0.2, 0) is 10.2 Å².